The highest BCUT2D eigenvalue weighted by Gasteiger charge is 2.51. The van der Waals surface area contributed by atoms with E-state index in [0.29, 0.717) is 6.04 Å². The summed E-state index contributed by atoms with van der Waals surface area (Å²) < 4.78 is 0. The van der Waals surface area contributed by atoms with E-state index in [1.807, 2.05) is 12.1 Å². The van der Waals surface area contributed by atoms with Crippen LogP contribution in [0.3, 0.4) is 0 Å². The maximum atomic E-state index is 11.7. The monoisotopic (exact) mass is 350 g/mol. The van der Waals surface area contributed by atoms with E-state index in [1.165, 1.54) is 11.1 Å². The summed E-state index contributed by atoms with van der Waals surface area (Å²) in [5, 5.41) is 9.60. The van der Waals surface area contributed by atoms with Crippen molar-refractivity contribution in [2.45, 2.75) is 43.9 Å². The fourth-order valence-electron chi connectivity index (χ4n) is 4.83. The largest absolute Gasteiger partial charge is 0.481 e. The lowest BCUT2D eigenvalue weighted by molar-refractivity contribution is -0.142. The second kappa shape index (κ2) is 7.22. The van der Waals surface area contributed by atoms with Crippen LogP contribution in [-0.2, 0) is 17.9 Å². The minimum Gasteiger partial charge on any atom is -0.481 e. The lowest BCUT2D eigenvalue weighted by atomic mass is 9.90. The van der Waals surface area contributed by atoms with Crippen molar-refractivity contribution in [3.63, 3.8) is 0 Å². The fourth-order valence-corrected chi connectivity index (χ4v) is 4.83. The average molecular weight is 350 g/mol. The predicted molar refractivity (Wildman–Crippen MR) is 102 cm³/mol. The number of piperazine rings is 1. The van der Waals surface area contributed by atoms with E-state index in [2.05, 4.69) is 58.3 Å². The number of nitrogens with zero attached hydrogens (tertiary/aromatic N) is 2. The summed E-state index contributed by atoms with van der Waals surface area (Å²) in [6.07, 6.45) is 2.29. The molecule has 2 aliphatic heterocycles. The smallest absolute Gasteiger partial charge is 0.305 e. The van der Waals surface area contributed by atoms with E-state index in [4.69, 9.17) is 0 Å². The molecule has 4 heteroatoms. The van der Waals surface area contributed by atoms with E-state index >= 15 is 0 Å². The average Bonchev–Trinajstić information content (AvgIpc) is 2.83. The van der Waals surface area contributed by atoms with Crippen molar-refractivity contribution in [1.29, 1.82) is 0 Å². The van der Waals surface area contributed by atoms with E-state index in [1.54, 1.807) is 0 Å². The molecule has 2 aliphatic rings. The molecular formula is C22H26N2O2. The van der Waals surface area contributed by atoms with Gasteiger partial charge in [0.15, 0.2) is 0 Å². The third-order valence-electron chi connectivity index (χ3n) is 5.90. The first-order chi connectivity index (χ1) is 12.6. The summed E-state index contributed by atoms with van der Waals surface area (Å²) in [5.41, 5.74) is 2.32. The molecule has 4 nitrogen and oxygen atoms in total. The number of aliphatic carboxylic acids is 1. The van der Waals surface area contributed by atoms with Crippen molar-refractivity contribution >= 4 is 5.97 Å². The number of carboxylic acids is 1. The van der Waals surface area contributed by atoms with Crippen LogP contribution in [0, 0.1) is 0 Å². The third-order valence-corrected chi connectivity index (χ3v) is 5.90. The molecule has 4 rings (SSSR count). The van der Waals surface area contributed by atoms with Crippen LogP contribution in [-0.4, -0.2) is 45.5 Å². The number of benzene rings is 2. The molecule has 2 unspecified atom stereocenters. The Morgan fingerprint density at radius 1 is 1.00 bits per heavy atom. The van der Waals surface area contributed by atoms with Crippen LogP contribution in [0.2, 0.25) is 0 Å². The van der Waals surface area contributed by atoms with Gasteiger partial charge in [-0.2, -0.15) is 0 Å². The van der Waals surface area contributed by atoms with Gasteiger partial charge in [0.2, 0.25) is 0 Å². The summed E-state index contributed by atoms with van der Waals surface area (Å²) in [5.74, 6) is -0.690. The molecule has 0 saturated carbocycles. The quantitative estimate of drug-likeness (QED) is 0.867. The number of carbonyl (C=O) groups is 1. The molecular weight excluding hydrogens is 324 g/mol. The lowest BCUT2D eigenvalue weighted by Gasteiger charge is -2.49. The van der Waals surface area contributed by atoms with Crippen LogP contribution in [0.25, 0.3) is 0 Å². The van der Waals surface area contributed by atoms with Crippen molar-refractivity contribution in [3.05, 3.63) is 71.8 Å². The van der Waals surface area contributed by atoms with Crippen LogP contribution < -0.4 is 0 Å². The number of hydrogen-bond acceptors (Lipinski definition) is 3. The lowest BCUT2D eigenvalue weighted by Crippen LogP contribution is -2.61. The van der Waals surface area contributed by atoms with Gasteiger partial charge in [0.25, 0.3) is 0 Å². The Morgan fingerprint density at radius 2 is 1.62 bits per heavy atom. The molecule has 26 heavy (non-hydrogen) atoms. The molecule has 2 fully saturated rings. The van der Waals surface area contributed by atoms with Gasteiger partial charge in [0.1, 0.15) is 0 Å². The summed E-state index contributed by atoms with van der Waals surface area (Å²) in [4.78, 5) is 16.6. The highest BCUT2D eigenvalue weighted by Crippen LogP contribution is 2.42. The van der Waals surface area contributed by atoms with Crippen molar-refractivity contribution in [2.24, 2.45) is 0 Å². The van der Waals surface area contributed by atoms with Crippen LogP contribution in [0.4, 0.5) is 0 Å². The highest BCUT2D eigenvalue weighted by atomic mass is 16.4. The molecule has 2 saturated heterocycles. The minimum absolute atomic E-state index is 0.224. The predicted octanol–water partition coefficient (Wildman–Crippen LogP) is 3.38. The number of likely N-dealkylation sites (tertiary alicyclic amines) is 1. The fraction of sp³-hybridized carbons (Fsp3) is 0.409. The van der Waals surface area contributed by atoms with Gasteiger partial charge in [-0.1, -0.05) is 60.7 Å². The zero-order valence-corrected chi connectivity index (χ0v) is 15.1. The van der Waals surface area contributed by atoms with Crippen LogP contribution >= 0.6 is 0 Å². The van der Waals surface area contributed by atoms with Gasteiger partial charge in [0.05, 0.1) is 6.42 Å². The Bertz CT molecular complexity index is 749. The Morgan fingerprint density at radius 3 is 2.23 bits per heavy atom. The maximum absolute atomic E-state index is 11.7. The van der Waals surface area contributed by atoms with Gasteiger partial charge in [-0.3, -0.25) is 14.6 Å². The van der Waals surface area contributed by atoms with E-state index < -0.39 is 5.97 Å². The van der Waals surface area contributed by atoms with Gasteiger partial charge in [0, 0.05) is 37.8 Å². The van der Waals surface area contributed by atoms with Gasteiger partial charge in [-0.05, 0) is 24.0 Å². The summed E-state index contributed by atoms with van der Waals surface area (Å²) in [6.45, 7) is 3.59. The van der Waals surface area contributed by atoms with Crippen LogP contribution in [0.5, 0.6) is 0 Å². The molecule has 2 bridgehead atoms. The molecule has 1 N–H and O–H groups in total. The molecule has 0 amide bonds. The first-order valence-electron chi connectivity index (χ1n) is 9.43. The molecule has 2 aromatic carbocycles. The summed E-state index contributed by atoms with van der Waals surface area (Å²) in [6, 6.07) is 21.4. The highest BCUT2D eigenvalue weighted by molar-refractivity contribution is 5.68. The first kappa shape index (κ1) is 17.3. The van der Waals surface area contributed by atoms with Gasteiger partial charge in [-0.15, -0.1) is 0 Å². The molecule has 136 valence electrons. The van der Waals surface area contributed by atoms with Crippen LogP contribution in [0.1, 0.15) is 30.4 Å². The Kier molecular flexibility index (Phi) is 4.79. The molecule has 0 spiro atoms. The van der Waals surface area contributed by atoms with Gasteiger partial charge >= 0.3 is 5.97 Å². The maximum Gasteiger partial charge on any atom is 0.305 e. The Hall–Kier alpha value is -2.17. The topological polar surface area (TPSA) is 43.8 Å². The normalized spacial score (nSPS) is 26.1. The van der Waals surface area contributed by atoms with E-state index in [9.17, 15) is 9.90 Å². The SMILES string of the molecule is O=C(O)CC12CCC(CN(Cc3ccccc3)C1)N2Cc1ccccc1. The van der Waals surface area contributed by atoms with E-state index in [0.717, 1.165) is 39.0 Å². The Balaban J connectivity index is 1.56. The second-order valence-electron chi connectivity index (χ2n) is 7.76. The van der Waals surface area contributed by atoms with E-state index in [-0.39, 0.29) is 12.0 Å². The number of hydrogen-bond donors (Lipinski definition) is 1. The van der Waals surface area contributed by atoms with Gasteiger partial charge in [-0.25, -0.2) is 0 Å². The molecule has 2 heterocycles. The van der Waals surface area contributed by atoms with Gasteiger partial charge < -0.3 is 5.11 Å². The molecule has 0 aromatic heterocycles. The zero-order chi connectivity index (χ0) is 18.0. The second-order valence-corrected chi connectivity index (χ2v) is 7.76. The van der Waals surface area contributed by atoms with Crippen molar-refractivity contribution < 1.29 is 9.90 Å². The number of rotatable bonds is 6. The third kappa shape index (κ3) is 3.53. The molecule has 0 aliphatic carbocycles. The summed E-state index contributed by atoms with van der Waals surface area (Å²) >= 11 is 0. The number of fused-ring (bicyclic) bond motifs is 2. The molecule has 2 atom stereocenters. The number of carboxylic acid groups (broad SMARTS) is 1. The van der Waals surface area contributed by atoms with Crippen molar-refractivity contribution in [3.8, 4) is 0 Å². The first-order valence-corrected chi connectivity index (χ1v) is 9.43. The minimum atomic E-state index is -0.690. The van der Waals surface area contributed by atoms with Crippen molar-refractivity contribution in [2.75, 3.05) is 13.1 Å². The molecule has 2 aromatic rings. The van der Waals surface area contributed by atoms with Crippen molar-refractivity contribution in [1.82, 2.24) is 9.80 Å². The van der Waals surface area contributed by atoms with Crippen LogP contribution in [0.15, 0.2) is 60.7 Å². The molecule has 0 radical (unpaired) electrons. The Labute approximate surface area is 155 Å². The summed E-state index contributed by atoms with van der Waals surface area (Å²) in [7, 11) is 0. The zero-order valence-electron chi connectivity index (χ0n) is 15.1. The standard InChI is InChI=1S/C22H26N2O2/c25-21(26)13-22-12-11-20(24(22)15-19-9-5-2-6-10-19)16-23(17-22)14-18-7-3-1-4-8-18/h1-10,20H,11-17H2,(H,25,26).